The maximum absolute atomic E-state index is 13.0. The van der Waals surface area contributed by atoms with Crippen molar-refractivity contribution in [2.75, 3.05) is 5.32 Å². The fourth-order valence-electron chi connectivity index (χ4n) is 3.51. The summed E-state index contributed by atoms with van der Waals surface area (Å²) in [5, 5.41) is 2.80. The summed E-state index contributed by atoms with van der Waals surface area (Å²) in [4.78, 5) is 38.5. The molecule has 7 nitrogen and oxygen atoms in total. The van der Waals surface area contributed by atoms with Crippen LogP contribution in [0.25, 0.3) is 22.2 Å². The van der Waals surface area contributed by atoms with E-state index in [9.17, 15) is 14.4 Å². The Labute approximate surface area is 180 Å². The summed E-state index contributed by atoms with van der Waals surface area (Å²) in [6.07, 6.45) is 1.81. The number of aromatic nitrogens is 3. The highest BCUT2D eigenvalue weighted by atomic mass is 79.9. The third-order valence-corrected chi connectivity index (χ3v) is 5.49. The molecule has 4 aromatic rings. The molecule has 30 heavy (non-hydrogen) atoms. The quantitative estimate of drug-likeness (QED) is 0.501. The van der Waals surface area contributed by atoms with Crippen molar-refractivity contribution in [1.82, 2.24) is 13.7 Å². The number of rotatable bonds is 4. The molecule has 4 rings (SSSR count). The molecular weight excluding hydrogens is 448 g/mol. The van der Waals surface area contributed by atoms with Crippen LogP contribution in [0.1, 0.15) is 0 Å². The number of benzene rings is 2. The van der Waals surface area contributed by atoms with Crippen LogP contribution >= 0.6 is 15.9 Å². The fourth-order valence-corrected chi connectivity index (χ4v) is 3.78. The van der Waals surface area contributed by atoms with E-state index in [2.05, 4.69) is 21.2 Å². The smallest absolute Gasteiger partial charge is 0.331 e. The lowest BCUT2D eigenvalue weighted by Crippen LogP contribution is -2.40. The van der Waals surface area contributed by atoms with Crippen molar-refractivity contribution in [2.24, 2.45) is 14.1 Å². The van der Waals surface area contributed by atoms with Gasteiger partial charge in [0.15, 0.2) is 0 Å². The Bertz CT molecular complexity index is 1370. The average molecular weight is 467 g/mol. The summed E-state index contributed by atoms with van der Waals surface area (Å²) in [5.41, 5.74) is 2.08. The highest BCUT2D eigenvalue weighted by molar-refractivity contribution is 9.10. The number of carbonyl (C=O) groups is 1. The summed E-state index contributed by atoms with van der Waals surface area (Å²) in [7, 11) is 3.18. The second-order valence-electron chi connectivity index (χ2n) is 7.00. The van der Waals surface area contributed by atoms with E-state index in [4.69, 9.17) is 0 Å². The number of fused-ring (bicyclic) bond motifs is 1. The molecule has 0 unspecified atom stereocenters. The van der Waals surface area contributed by atoms with Crippen molar-refractivity contribution in [1.29, 1.82) is 0 Å². The number of nitrogens with one attached hydrogen (secondary N) is 1. The van der Waals surface area contributed by atoms with Gasteiger partial charge < -0.3 is 9.88 Å². The van der Waals surface area contributed by atoms with Gasteiger partial charge in [-0.05, 0) is 29.8 Å². The molecule has 0 atom stereocenters. The Morgan fingerprint density at radius 3 is 2.30 bits per heavy atom. The van der Waals surface area contributed by atoms with E-state index in [-0.39, 0.29) is 12.5 Å². The molecule has 0 spiro atoms. The molecule has 2 heterocycles. The van der Waals surface area contributed by atoms with Crippen LogP contribution in [0.5, 0.6) is 0 Å². The third-order valence-electron chi connectivity index (χ3n) is 4.96. The van der Waals surface area contributed by atoms with Crippen LogP contribution in [-0.2, 0) is 25.4 Å². The summed E-state index contributed by atoms with van der Waals surface area (Å²) < 4.78 is 4.98. The van der Waals surface area contributed by atoms with Crippen LogP contribution in [0.15, 0.2) is 74.9 Å². The van der Waals surface area contributed by atoms with Gasteiger partial charge in [-0.25, -0.2) is 4.79 Å². The van der Waals surface area contributed by atoms with Gasteiger partial charge in [0, 0.05) is 36.0 Å². The number of hydrogen-bond donors (Lipinski definition) is 1. The highest BCUT2D eigenvalue weighted by Gasteiger charge is 2.20. The Morgan fingerprint density at radius 2 is 1.63 bits per heavy atom. The minimum absolute atomic E-state index is 0.219. The second kappa shape index (κ2) is 7.79. The van der Waals surface area contributed by atoms with Crippen molar-refractivity contribution < 1.29 is 4.79 Å². The predicted octanol–water partition coefficient (Wildman–Crippen LogP) is 3.11. The zero-order valence-corrected chi connectivity index (χ0v) is 18.0. The molecule has 152 valence electrons. The number of carbonyl (C=O) groups excluding carboxylic acids is 1. The predicted molar refractivity (Wildman–Crippen MR) is 121 cm³/mol. The molecule has 1 N–H and O–H groups in total. The maximum Gasteiger partial charge on any atom is 0.331 e. The average Bonchev–Trinajstić information content (AvgIpc) is 3.09. The van der Waals surface area contributed by atoms with Gasteiger partial charge in [0.1, 0.15) is 12.1 Å². The van der Waals surface area contributed by atoms with Crippen LogP contribution in [0, 0.1) is 0 Å². The van der Waals surface area contributed by atoms with Crippen LogP contribution in [0.3, 0.4) is 0 Å². The number of aryl methyl sites for hydroxylation is 1. The molecule has 0 aliphatic carbocycles. The lowest BCUT2D eigenvalue weighted by Gasteiger charge is -2.12. The van der Waals surface area contributed by atoms with Gasteiger partial charge >= 0.3 is 5.69 Å². The van der Waals surface area contributed by atoms with Crippen LogP contribution < -0.4 is 16.6 Å². The van der Waals surface area contributed by atoms with E-state index < -0.39 is 11.2 Å². The lowest BCUT2D eigenvalue weighted by atomic mass is 10.1. The first-order chi connectivity index (χ1) is 14.4. The molecule has 0 saturated carbocycles. The van der Waals surface area contributed by atoms with Crippen molar-refractivity contribution in [2.45, 2.75) is 6.54 Å². The van der Waals surface area contributed by atoms with Crippen molar-refractivity contribution in [3.05, 3.63) is 86.1 Å². The van der Waals surface area contributed by atoms with E-state index in [1.165, 1.54) is 11.6 Å². The molecule has 2 aromatic heterocycles. The Hall–Kier alpha value is -3.39. The van der Waals surface area contributed by atoms with E-state index in [0.29, 0.717) is 16.7 Å². The van der Waals surface area contributed by atoms with Crippen molar-refractivity contribution in [3.63, 3.8) is 0 Å². The topological polar surface area (TPSA) is 78.0 Å². The lowest BCUT2D eigenvalue weighted by molar-refractivity contribution is -0.116. The molecule has 2 aromatic carbocycles. The van der Waals surface area contributed by atoms with Crippen LogP contribution in [0.2, 0.25) is 0 Å². The monoisotopic (exact) mass is 466 g/mol. The van der Waals surface area contributed by atoms with Gasteiger partial charge in [0.2, 0.25) is 5.91 Å². The highest BCUT2D eigenvalue weighted by Crippen LogP contribution is 2.28. The molecule has 0 aliphatic rings. The molecule has 0 radical (unpaired) electrons. The minimum atomic E-state index is -0.540. The summed E-state index contributed by atoms with van der Waals surface area (Å²) in [6, 6.07) is 16.6. The molecule has 0 bridgehead atoms. The van der Waals surface area contributed by atoms with Gasteiger partial charge in [0.05, 0.1) is 5.52 Å². The first-order valence-electron chi connectivity index (χ1n) is 9.26. The Kier molecular flexibility index (Phi) is 5.17. The van der Waals surface area contributed by atoms with E-state index in [1.54, 1.807) is 23.7 Å². The van der Waals surface area contributed by atoms with Gasteiger partial charge in [0.25, 0.3) is 5.56 Å². The van der Waals surface area contributed by atoms with Gasteiger partial charge in [-0.2, -0.15) is 0 Å². The van der Waals surface area contributed by atoms with E-state index in [0.717, 1.165) is 20.2 Å². The SMILES string of the molecule is Cn1c(=O)c2c(c(-c3ccccc3)cn2C)n(CC(=O)Nc2ccc(Br)cc2)c1=O. The second-order valence-corrected chi connectivity index (χ2v) is 7.92. The fraction of sp³-hybridized carbons (Fsp3) is 0.136. The van der Waals surface area contributed by atoms with E-state index in [1.807, 2.05) is 48.7 Å². The summed E-state index contributed by atoms with van der Waals surface area (Å²) >= 11 is 3.36. The Balaban J connectivity index is 1.86. The third kappa shape index (κ3) is 3.50. The normalized spacial score (nSPS) is 11.0. The molecule has 0 aliphatic heterocycles. The number of amides is 1. The van der Waals surface area contributed by atoms with Gasteiger partial charge in [-0.3, -0.25) is 18.7 Å². The maximum atomic E-state index is 13.0. The van der Waals surface area contributed by atoms with Crippen molar-refractivity contribution in [3.8, 4) is 11.1 Å². The van der Waals surface area contributed by atoms with Gasteiger partial charge in [-0.1, -0.05) is 46.3 Å². The Morgan fingerprint density at radius 1 is 0.967 bits per heavy atom. The number of halogens is 1. The first kappa shape index (κ1) is 19.9. The van der Waals surface area contributed by atoms with Crippen molar-refractivity contribution >= 4 is 38.6 Å². The standard InChI is InChI=1S/C22H19BrN4O3/c1-25-12-17(14-6-4-3-5-7-14)19-20(25)21(29)26(2)22(30)27(19)13-18(28)24-16-10-8-15(23)9-11-16/h3-12H,13H2,1-2H3,(H,24,28). The zero-order chi connectivity index (χ0) is 21.4. The molecular formula is C22H19BrN4O3. The van der Waals surface area contributed by atoms with Crippen LogP contribution in [-0.4, -0.2) is 19.6 Å². The minimum Gasteiger partial charge on any atom is -0.344 e. The number of nitrogens with zero attached hydrogens (tertiary/aromatic N) is 3. The molecule has 0 saturated heterocycles. The summed E-state index contributed by atoms with van der Waals surface area (Å²) in [5.74, 6) is -0.359. The molecule has 8 heteroatoms. The zero-order valence-electron chi connectivity index (χ0n) is 16.4. The largest absolute Gasteiger partial charge is 0.344 e. The molecule has 1 amide bonds. The summed E-state index contributed by atoms with van der Waals surface area (Å²) in [6.45, 7) is -0.219. The van der Waals surface area contributed by atoms with Gasteiger partial charge in [-0.15, -0.1) is 0 Å². The van der Waals surface area contributed by atoms with Crippen LogP contribution in [0.4, 0.5) is 5.69 Å². The number of hydrogen-bond acceptors (Lipinski definition) is 3. The molecule has 0 fully saturated rings. The van der Waals surface area contributed by atoms with E-state index >= 15 is 0 Å². The number of anilines is 1. The first-order valence-corrected chi connectivity index (χ1v) is 10.1.